The molecule has 6 unspecified atom stereocenters. The molecule has 5 aliphatic rings. The van der Waals surface area contributed by atoms with E-state index in [1.807, 2.05) is 6.08 Å². The number of rotatable bonds is 0. The van der Waals surface area contributed by atoms with Crippen molar-refractivity contribution >= 4 is 11.6 Å². The molecule has 21 heavy (non-hydrogen) atoms. The molecule has 0 aromatic rings. The zero-order valence-corrected chi connectivity index (χ0v) is 12.9. The standard InChI is InChI=1S/C19H24O2/c1-17-7-6-15-13(14(17)2-3-16(17)21)5-8-18-10-12(20)4-9-19(15,18)11-18/h4,9,13-15H,2-3,5-8,10-11H2,1H3. The number of carbonyl (C=O) groups is 2. The van der Waals surface area contributed by atoms with Gasteiger partial charge in [-0.15, -0.1) is 0 Å². The van der Waals surface area contributed by atoms with Gasteiger partial charge in [0.05, 0.1) is 0 Å². The largest absolute Gasteiger partial charge is 0.299 e. The van der Waals surface area contributed by atoms with Crippen molar-refractivity contribution in [3.05, 3.63) is 12.2 Å². The normalized spacial score (nSPS) is 57.3. The van der Waals surface area contributed by atoms with E-state index in [4.69, 9.17) is 0 Å². The minimum absolute atomic E-state index is 0.0130. The number of allylic oxidation sites excluding steroid dienone is 2. The topological polar surface area (TPSA) is 34.1 Å². The van der Waals surface area contributed by atoms with Crippen molar-refractivity contribution in [2.24, 2.45) is 34.0 Å². The summed E-state index contributed by atoms with van der Waals surface area (Å²) in [6.07, 6.45) is 13.0. The first-order chi connectivity index (χ1) is 10.0. The molecule has 0 aromatic heterocycles. The Balaban J connectivity index is 1.54. The smallest absolute Gasteiger partial charge is 0.155 e. The van der Waals surface area contributed by atoms with Crippen LogP contribution in [0.15, 0.2) is 12.2 Å². The lowest BCUT2D eigenvalue weighted by Crippen LogP contribution is -2.48. The number of carbonyl (C=O) groups excluding carboxylic acids is 2. The van der Waals surface area contributed by atoms with Crippen molar-refractivity contribution in [1.82, 2.24) is 0 Å². The Kier molecular flexibility index (Phi) is 2.11. The molecule has 5 rings (SSSR count). The minimum atomic E-state index is -0.0130. The number of hydrogen-bond acceptors (Lipinski definition) is 2. The number of fused-ring (bicyclic) bond motifs is 3. The fourth-order valence-electron chi connectivity index (χ4n) is 7.21. The van der Waals surface area contributed by atoms with Crippen LogP contribution in [-0.2, 0) is 9.59 Å². The second-order valence-electron chi connectivity index (χ2n) is 8.81. The SMILES string of the molecule is CC12CCC3C(CCC45CC(=O)C=CC34C5)C1CCC2=O. The molecule has 0 radical (unpaired) electrons. The molecule has 0 bridgehead atoms. The Morgan fingerprint density at radius 1 is 1.10 bits per heavy atom. The van der Waals surface area contributed by atoms with Gasteiger partial charge in [0.25, 0.3) is 0 Å². The molecule has 0 heterocycles. The first-order valence-corrected chi connectivity index (χ1v) is 8.76. The van der Waals surface area contributed by atoms with E-state index in [1.165, 1.54) is 25.7 Å². The lowest BCUT2D eigenvalue weighted by Gasteiger charge is -2.52. The van der Waals surface area contributed by atoms with Crippen LogP contribution in [0.1, 0.15) is 58.3 Å². The van der Waals surface area contributed by atoms with Crippen molar-refractivity contribution in [3.63, 3.8) is 0 Å². The zero-order valence-electron chi connectivity index (χ0n) is 12.9. The monoisotopic (exact) mass is 284 g/mol. The molecule has 6 atom stereocenters. The maximum absolute atomic E-state index is 12.4. The molecular formula is C19H24O2. The summed E-state index contributed by atoms with van der Waals surface area (Å²) in [4.78, 5) is 24.2. The summed E-state index contributed by atoms with van der Waals surface area (Å²) >= 11 is 0. The lowest BCUT2D eigenvalue weighted by atomic mass is 9.51. The second-order valence-corrected chi connectivity index (χ2v) is 8.81. The molecule has 0 aromatic carbocycles. The summed E-state index contributed by atoms with van der Waals surface area (Å²) < 4.78 is 0. The predicted octanol–water partition coefficient (Wildman–Crippen LogP) is 3.70. The van der Waals surface area contributed by atoms with Gasteiger partial charge in [0.2, 0.25) is 0 Å². The van der Waals surface area contributed by atoms with Gasteiger partial charge in [-0.2, -0.15) is 0 Å². The Morgan fingerprint density at radius 2 is 1.95 bits per heavy atom. The fraction of sp³-hybridized carbons (Fsp3) is 0.789. The van der Waals surface area contributed by atoms with Gasteiger partial charge in [-0.1, -0.05) is 13.0 Å². The highest BCUT2D eigenvalue weighted by Crippen LogP contribution is 2.81. The maximum atomic E-state index is 12.4. The summed E-state index contributed by atoms with van der Waals surface area (Å²) in [5.74, 6) is 3.00. The molecule has 0 amide bonds. The van der Waals surface area contributed by atoms with Gasteiger partial charge in [-0.25, -0.2) is 0 Å². The molecule has 4 saturated carbocycles. The van der Waals surface area contributed by atoms with Gasteiger partial charge in [0.1, 0.15) is 5.78 Å². The van der Waals surface area contributed by atoms with Gasteiger partial charge >= 0.3 is 0 Å². The zero-order chi connectivity index (χ0) is 14.5. The highest BCUT2D eigenvalue weighted by molar-refractivity contribution is 5.92. The van der Waals surface area contributed by atoms with E-state index in [0.717, 1.165) is 37.5 Å². The average Bonchev–Trinajstić information content (AvgIpc) is 3.05. The molecule has 5 aliphatic carbocycles. The minimum Gasteiger partial charge on any atom is -0.299 e. The van der Waals surface area contributed by atoms with E-state index in [2.05, 4.69) is 13.0 Å². The number of ketones is 2. The third-order valence-electron chi connectivity index (χ3n) is 8.34. The molecule has 0 spiro atoms. The molecule has 4 fully saturated rings. The van der Waals surface area contributed by atoms with E-state index in [9.17, 15) is 9.59 Å². The van der Waals surface area contributed by atoms with E-state index >= 15 is 0 Å². The third kappa shape index (κ3) is 1.27. The van der Waals surface area contributed by atoms with Crippen molar-refractivity contribution < 1.29 is 9.59 Å². The van der Waals surface area contributed by atoms with Crippen molar-refractivity contribution in [1.29, 1.82) is 0 Å². The first-order valence-electron chi connectivity index (χ1n) is 8.76. The summed E-state index contributed by atoms with van der Waals surface area (Å²) in [7, 11) is 0. The van der Waals surface area contributed by atoms with Gasteiger partial charge < -0.3 is 0 Å². The van der Waals surface area contributed by atoms with Crippen molar-refractivity contribution in [2.45, 2.75) is 58.3 Å². The van der Waals surface area contributed by atoms with Crippen LogP contribution in [0.4, 0.5) is 0 Å². The summed E-state index contributed by atoms with van der Waals surface area (Å²) in [6, 6.07) is 0. The molecule has 0 saturated heterocycles. The third-order valence-corrected chi connectivity index (χ3v) is 8.34. The molecule has 112 valence electrons. The molecule has 2 nitrogen and oxygen atoms in total. The van der Waals surface area contributed by atoms with Gasteiger partial charge in [0, 0.05) is 18.3 Å². The Labute approximate surface area is 126 Å². The molecular weight excluding hydrogens is 260 g/mol. The van der Waals surface area contributed by atoms with E-state index in [0.29, 0.717) is 28.3 Å². The summed E-state index contributed by atoms with van der Waals surface area (Å²) in [5, 5.41) is 0. The predicted molar refractivity (Wildman–Crippen MR) is 79.5 cm³/mol. The van der Waals surface area contributed by atoms with Gasteiger partial charge in [-0.05, 0) is 73.2 Å². The van der Waals surface area contributed by atoms with Crippen LogP contribution in [0.3, 0.4) is 0 Å². The second kappa shape index (κ2) is 3.52. The highest BCUT2D eigenvalue weighted by Gasteiger charge is 2.74. The van der Waals surface area contributed by atoms with Crippen LogP contribution in [0, 0.1) is 34.0 Å². The van der Waals surface area contributed by atoms with Crippen molar-refractivity contribution in [2.75, 3.05) is 0 Å². The molecule has 0 N–H and O–H groups in total. The first kappa shape index (κ1) is 12.6. The quantitative estimate of drug-likeness (QED) is 0.679. The average molecular weight is 284 g/mol. The Bertz CT molecular complexity index is 590. The van der Waals surface area contributed by atoms with Gasteiger partial charge in [-0.3, -0.25) is 9.59 Å². The summed E-state index contributed by atoms with van der Waals surface area (Å²) in [5.41, 5.74) is 0.661. The molecule has 0 aliphatic heterocycles. The highest BCUT2D eigenvalue weighted by atomic mass is 16.1. The van der Waals surface area contributed by atoms with E-state index in [-0.39, 0.29) is 5.41 Å². The van der Waals surface area contributed by atoms with Gasteiger partial charge in [0.15, 0.2) is 5.78 Å². The Morgan fingerprint density at radius 3 is 2.81 bits per heavy atom. The van der Waals surface area contributed by atoms with E-state index in [1.54, 1.807) is 0 Å². The van der Waals surface area contributed by atoms with Crippen LogP contribution in [0.2, 0.25) is 0 Å². The van der Waals surface area contributed by atoms with Crippen LogP contribution in [-0.4, -0.2) is 11.6 Å². The van der Waals surface area contributed by atoms with E-state index < -0.39 is 0 Å². The van der Waals surface area contributed by atoms with Crippen LogP contribution in [0.5, 0.6) is 0 Å². The van der Waals surface area contributed by atoms with Crippen LogP contribution in [0.25, 0.3) is 0 Å². The lowest BCUT2D eigenvalue weighted by molar-refractivity contribution is -0.132. The van der Waals surface area contributed by atoms with Crippen LogP contribution >= 0.6 is 0 Å². The number of Topliss-reactive ketones (excluding diaryl/α,β-unsaturated/α-hetero) is 1. The number of hydrogen-bond donors (Lipinski definition) is 0. The van der Waals surface area contributed by atoms with Crippen LogP contribution < -0.4 is 0 Å². The van der Waals surface area contributed by atoms with Crippen molar-refractivity contribution in [3.8, 4) is 0 Å². The molecule has 2 heteroatoms. The Hall–Kier alpha value is -0.920. The fourth-order valence-corrected chi connectivity index (χ4v) is 7.21. The summed E-state index contributed by atoms with van der Waals surface area (Å²) in [6.45, 7) is 2.25. The maximum Gasteiger partial charge on any atom is 0.155 e.